The van der Waals surface area contributed by atoms with E-state index < -0.39 is 5.41 Å². The van der Waals surface area contributed by atoms with Gasteiger partial charge in [0, 0.05) is 27.5 Å². The van der Waals surface area contributed by atoms with Gasteiger partial charge in [-0.25, -0.2) is 9.97 Å². The molecule has 0 atom stereocenters. The monoisotopic (exact) mass is 890 g/mol. The molecule has 0 amide bonds. The van der Waals surface area contributed by atoms with Crippen LogP contribution in [0.5, 0.6) is 0 Å². The van der Waals surface area contributed by atoms with Gasteiger partial charge in [0.05, 0.1) is 16.8 Å². The van der Waals surface area contributed by atoms with Crippen molar-refractivity contribution in [1.82, 2.24) is 9.97 Å². The Morgan fingerprint density at radius 2 is 0.814 bits per heavy atom. The minimum Gasteiger partial charge on any atom is -0.456 e. The van der Waals surface area contributed by atoms with Crippen LogP contribution in [0.4, 0.5) is 0 Å². The maximum atomic E-state index is 6.17. The molecule has 1 aliphatic carbocycles. The van der Waals surface area contributed by atoms with Gasteiger partial charge in [-0.2, -0.15) is 0 Å². The van der Waals surface area contributed by atoms with Crippen molar-refractivity contribution in [2.24, 2.45) is 0 Å². The summed E-state index contributed by atoms with van der Waals surface area (Å²) in [5.74, 6) is 0.670. The number of benzene rings is 11. The number of nitrogens with zero attached hydrogens (tertiary/aromatic N) is 2. The van der Waals surface area contributed by atoms with Gasteiger partial charge in [-0.15, -0.1) is 0 Å². The Morgan fingerprint density at radius 1 is 0.286 bits per heavy atom. The molecule has 13 aromatic rings. The smallest absolute Gasteiger partial charge is 0.161 e. The molecule has 0 unspecified atom stereocenters. The molecule has 0 spiro atoms. The SMILES string of the molecule is c1ccc(C2(c3ccccc3)c3ccccc3-c3ccc(-c4cc(-c5ccc(-c6ccc7oc8ccccc8c7c6)cc5)nc(-c5ccccc5-c5ccc6ccc7ccccc7c6c5)n4)cc32)cc1. The number of rotatable bonds is 7. The van der Waals surface area contributed by atoms with Crippen molar-refractivity contribution in [1.29, 1.82) is 0 Å². The number of para-hydroxylation sites is 1. The number of furan rings is 1. The van der Waals surface area contributed by atoms with Crippen LogP contribution in [-0.4, -0.2) is 9.97 Å². The summed E-state index contributed by atoms with van der Waals surface area (Å²) in [6.45, 7) is 0. The lowest BCUT2D eigenvalue weighted by atomic mass is 9.67. The average Bonchev–Trinajstić information content (AvgIpc) is 3.97. The van der Waals surface area contributed by atoms with Crippen LogP contribution >= 0.6 is 0 Å². The van der Waals surface area contributed by atoms with E-state index in [0.29, 0.717) is 5.82 Å². The van der Waals surface area contributed by atoms with Crippen molar-refractivity contribution >= 4 is 43.5 Å². The third-order valence-corrected chi connectivity index (χ3v) is 14.6. The summed E-state index contributed by atoms with van der Waals surface area (Å²) >= 11 is 0. The Morgan fingerprint density at radius 3 is 1.60 bits per heavy atom. The fraction of sp³-hybridized carbons (Fsp3) is 0.0149. The van der Waals surface area contributed by atoms with Crippen LogP contribution in [0.15, 0.2) is 259 Å². The van der Waals surface area contributed by atoms with Gasteiger partial charge < -0.3 is 4.42 Å². The fourth-order valence-electron chi connectivity index (χ4n) is 11.3. The molecule has 0 radical (unpaired) electrons. The maximum Gasteiger partial charge on any atom is 0.161 e. The quantitative estimate of drug-likeness (QED) is 0.150. The van der Waals surface area contributed by atoms with Gasteiger partial charge >= 0.3 is 0 Å². The van der Waals surface area contributed by atoms with E-state index in [1.54, 1.807) is 0 Å². The zero-order valence-corrected chi connectivity index (χ0v) is 38.1. The summed E-state index contributed by atoms with van der Waals surface area (Å²) < 4.78 is 6.17. The van der Waals surface area contributed by atoms with E-state index >= 15 is 0 Å². The minimum absolute atomic E-state index is 0.544. The first-order valence-electron chi connectivity index (χ1n) is 24.0. The van der Waals surface area contributed by atoms with Gasteiger partial charge in [-0.3, -0.25) is 0 Å². The molecule has 14 rings (SSSR count). The average molecular weight is 891 g/mol. The summed E-state index contributed by atoms with van der Waals surface area (Å²) in [7, 11) is 0. The van der Waals surface area contributed by atoms with Crippen LogP contribution in [0.1, 0.15) is 22.3 Å². The highest BCUT2D eigenvalue weighted by molar-refractivity contribution is 6.09. The van der Waals surface area contributed by atoms with E-state index in [2.05, 4.69) is 243 Å². The zero-order valence-electron chi connectivity index (χ0n) is 38.1. The summed E-state index contributed by atoms with van der Waals surface area (Å²) in [6.07, 6.45) is 0. The lowest BCUT2D eigenvalue weighted by Crippen LogP contribution is -2.28. The second kappa shape index (κ2) is 16.0. The van der Waals surface area contributed by atoms with Crippen molar-refractivity contribution in [2.75, 3.05) is 0 Å². The Kier molecular flexibility index (Phi) is 9.11. The molecule has 0 fully saturated rings. The molecule has 0 aliphatic heterocycles. The molecule has 1 aliphatic rings. The second-order valence-electron chi connectivity index (χ2n) is 18.4. The topological polar surface area (TPSA) is 38.9 Å². The molecule has 0 N–H and O–H groups in total. The van der Waals surface area contributed by atoms with Crippen LogP contribution in [0.3, 0.4) is 0 Å². The van der Waals surface area contributed by atoms with Crippen LogP contribution in [0.25, 0.3) is 111 Å². The minimum atomic E-state index is -0.544. The molecule has 2 aromatic heterocycles. The van der Waals surface area contributed by atoms with Gasteiger partial charge in [-0.1, -0.05) is 218 Å². The number of fused-ring (bicyclic) bond motifs is 9. The van der Waals surface area contributed by atoms with Crippen molar-refractivity contribution in [3.63, 3.8) is 0 Å². The molecular formula is C67H42N2O. The van der Waals surface area contributed by atoms with E-state index in [-0.39, 0.29) is 0 Å². The first kappa shape index (κ1) is 39.9. The van der Waals surface area contributed by atoms with E-state index in [0.717, 1.165) is 72.3 Å². The normalized spacial score (nSPS) is 12.7. The molecule has 0 saturated carbocycles. The molecule has 0 saturated heterocycles. The van der Waals surface area contributed by atoms with Crippen molar-refractivity contribution in [2.45, 2.75) is 5.41 Å². The van der Waals surface area contributed by atoms with Gasteiger partial charge in [-0.05, 0) is 114 Å². The van der Waals surface area contributed by atoms with Crippen LogP contribution in [-0.2, 0) is 5.41 Å². The Hall–Kier alpha value is -9.18. The standard InChI is InChI=1S/C67H42N2O/c1-3-16-50(17-4-1)67(51-18-5-2-6-19-51)60-25-13-11-22-54(60)55-37-35-49(41-61(55)67)63-42-62(46-32-27-43(28-33-46)47-36-38-65-59(39-47)56-23-12-14-26-64(56)70-65)68-66(69-63)57-24-10-9-21-53(57)48-34-31-45-30-29-44-15-7-8-20-52(44)58(45)40-48/h1-42H. The molecule has 3 nitrogen and oxygen atoms in total. The van der Waals surface area contributed by atoms with E-state index in [1.807, 2.05) is 12.1 Å². The van der Waals surface area contributed by atoms with Crippen LogP contribution in [0, 0.1) is 0 Å². The molecule has 3 heteroatoms. The molecule has 11 aromatic carbocycles. The predicted octanol–water partition coefficient (Wildman–Crippen LogP) is 17.4. The molecular weight excluding hydrogens is 849 g/mol. The van der Waals surface area contributed by atoms with E-state index in [4.69, 9.17) is 14.4 Å². The van der Waals surface area contributed by atoms with Gasteiger partial charge in [0.1, 0.15) is 11.2 Å². The van der Waals surface area contributed by atoms with E-state index in [1.165, 1.54) is 54.9 Å². The molecule has 2 heterocycles. The van der Waals surface area contributed by atoms with E-state index in [9.17, 15) is 0 Å². The van der Waals surface area contributed by atoms with Gasteiger partial charge in [0.2, 0.25) is 0 Å². The largest absolute Gasteiger partial charge is 0.456 e. The first-order chi connectivity index (χ1) is 34.7. The fourth-order valence-corrected chi connectivity index (χ4v) is 11.3. The second-order valence-corrected chi connectivity index (χ2v) is 18.4. The number of hydrogen-bond donors (Lipinski definition) is 0. The van der Waals surface area contributed by atoms with Crippen molar-refractivity contribution < 1.29 is 4.42 Å². The third-order valence-electron chi connectivity index (χ3n) is 14.6. The zero-order chi connectivity index (χ0) is 46.2. The lowest BCUT2D eigenvalue weighted by Gasteiger charge is -2.34. The molecule has 326 valence electrons. The maximum absolute atomic E-state index is 6.17. The van der Waals surface area contributed by atoms with Crippen LogP contribution in [0.2, 0.25) is 0 Å². The Labute approximate surface area is 405 Å². The highest BCUT2D eigenvalue weighted by Gasteiger charge is 2.46. The summed E-state index contributed by atoms with van der Waals surface area (Å²) in [5.41, 5.74) is 17.9. The first-order valence-corrected chi connectivity index (χ1v) is 24.0. The molecule has 0 bridgehead atoms. The van der Waals surface area contributed by atoms with Gasteiger partial charge in [0.25, 0.3) is 0 Å². The lowest BCUT2D eigenvalue weighted by molar-refractivity contribution is 0.669. The third kappa shape index (κ3) is 6.29. The Balaban J connectivity index is 0.959. The summed E-state index contributed by atoms with van der Waals surface area (Å²) in [4.78, 5) is 11.0. The highest BCUT2D eigenvalue weighted by Crippen LogP contribution is 2.56. The summed E-state index contributed by atoms with van der Waals surface area (Å²) in [6, 6.07) is 91.9. The Bertz CT molecular complexity index is 4130. The van der Waals surface area contributed by atoms with Crippen molar-refractivity contribution in [3.05, 3.63) is 277 Å². The highest BCUT2D eigenvalue weighted by atomic mass is 16.3. The number of aromatic nitrogens is 2. The number of hydrogen-bond acceptors (Lipinski definition) is 3. The van der Waals surface area contributed by atoms with Crippen molar-refractivity contribution in [3.8, 4) is 67.3 Å². The van der Waals surface area contributed by atoms with Gasteiger partial charge in [0.15, 0.2) is 5.82 Å². The molecule has 70 heavy (non-hydrogen) atoms. The summed E-state index contributed by atoms with van der Waals surface area (Å²) in [5, 5.41) is 7.13. The predicted molar refractivity (Wildman–Crippen MR) is 289 cm³/mol. The van der Waals surface area contributed by atoms with Crippen LogP contribution < -0.4 is 0 Å².